The molecule has 2 amide bonds. The number of benzene rings is 2. The highest BCUT2D eigenvalue weighted by atomic mass is 16.6. The van der Waals surface area contributed by atoms with Gasteiger partial charge in [-0.1, -0.05) is 36.4 Å². The molecular formula is C25H26N2O4. The number of fused-ring (bicyclic) bond motifs is 2. The minimum absolute atomic E-state index is 0.0124. The summed E-state index contributed by atoms with van der Waals surface area (Å²) in [5.74, 6) is -0.320. The van der Waals surface area contributed by atoms with Gasteiger partial charge in [-0.05, 0) is 50.3 Å². The van der Waals surface area contributed by atoms with Gasteiger partial charge in [0.1, 0.15) is 5.60 Å². The van der Waals surface area contributed by atoms with Crippen LogP contribution in [0.1, 0.15) is 54.4 Å². The SMILES string of the molecule is O=C1O[C@]2(CC[C@H](C(=O)NC3CCN(c4ccccc4)C(=O)C3)CC2)c2ccccc21. The van der Waals surface area contributed by atoms with Crippen molar-refractivity contribution in [2.24, 2.45) is 5.92 Å². The Balaban J connectivity index is 1.17. The second-order valence-electron chi connectivity index (χ2n) is 8.78. The van der Waals surface area contributed by atoms with E-state index in [1.54, 1.807) is 4.90 Å². The largest absolute Gasteiger partial charge is 0.451 e. The molecule has 1 saturated carbocycles. The zero-order chi connectivity index (χ0) is 21.4. The molecule has 2 heterocycles. The molecule has 2 aromatic carbocycles. The number of carbonyl (C=O) groups is 3. The molecule has 2 aliphatic heterocycles. The first-order valence-corrected chi connectivity index (χ1v) is 11.0. The fraction of sp³-hybridized carbons (Fsp3) is 0.400. The Morgan fingerprint density at radius 3 is 2.42 bits per heavy atom. The number of hydrogen-bond donors (Lipinski definition) is 1. The van der Waals surface area contributed by atoms with Crippen molar-refractivity contribution in [3.05, 3.63) is 65.7 Å². The van der Waals surface area contributed by atoms with Crippen molar-refractivity contribution in [2.45, 2.75) is 50.2 Å². The van der Waals surface area contributed by atoms with E-state index in [4.69, 9.17) is 4.74 Å². The van der Waals surface area contributed by atoms with Crippen LogP contribution in [0.5, 0.6) is 0 Å². The summed E-state index contributed by atoms with van der Waals surface area (Å²) in [6.07, 6.45) is 3.71. The molecule has 6 heteroatoms. The van der Waals surface area contributed by atoms with Gasteiger partial charge in [0.05, 0.1) is 5.56 Å². The van der Waals surface area contributed by atoms with Crippen LogP contribution in [-0.2, 0) is 19.9 Å². The number of hydrogen-bond acceptors (Lipinski definition) is 4. The zero-order valence-electron chi connectivity index (χ0n) is 17.4. The maximum Gasteiger partial charge on any atom is 0.339 e. The van der Waals surface area contributed by atoms with E-state index in [0.29, 0.717) is 44.2 Å². The number of amides is 2. The summed E-state index contributed by atoms with van der Waals surface area (Å²) < 4.78 is 5.79. The number of nitrogens with one attached hydrogen (secondary N) is 1. The van der Waals surface area contributed by atoms with Crippen LogP contribution in [0.3, 0.4) is 0 Å². The molecule has 31 heavy (non-hydrogen) atoms. The summed E-state index contributed by atoms with van der Waals surface area (Å²) in [6.45, 7) is 0.605. The third-order valence-electron chi connectivity index (χ3n) is 6.93. The Labute approximate surface area is 181 Å². The lowest BCUT2D eigenvalue weighted by atomic mass is 9.74. The minimum Gasteiger partial charge on any atom is -0.451 e. The predicted octanol–water partition coefficient (Wildman–Crippen LogP) is 3.55. The molecule has 1 spiro atoms. The van der Waals surface area contributed by atoms with Gasteiger partial charge >= 0.3 is 5.97 Å². The lowest BCUT2D eigenvalue weighted by Crippen LogP contribution is -2.49. The number of anilines is 1. The van der Waals surface area contributed by atoms with E-state index in [0.717, 1.165) is 17.7 Å². The van der Waals surface area contributed by atoms with E-state index >= 15 is 0 Å². The topological polar surface area (TPSA) is 75.7 Å². The van der Waals surface area contributed by atoms with Gasteiger partial charge in [0.25, 0.3) is 0 Å². The average molecular weight is 418 g/mol. The van der Waals surface area contributed by atoms with Crippen LogP contribution in [0.2, 0.25) is 0 Å². The fourth-order valence-corrected chi connectivity index (χ4v) is 5.22. The number of para-hydroxylation sites is 1. The predicted molar refractivity (Wildman–Crippen MR) is 115 cm³/mol. The van der Waals surface area contributed by atoms with E-state index in [9.17, 15) is 14.4 Å². The number of carbonyl (C=O) groups excluding carboxylic acids is 3. The first-order chi connectivity index (χ1) is 15.1. The molecule has 0 radical (unpaired) electrons. The van der Waals surface area contributed by atoms with Crippen LogP contribution >= 0.6 is 0 Å². The quantitative estimate of drug-likeness (QED) is 0.774. The summed E-state index contributed by atoms with van der Waals surface area (Å²) in [5.41, 5.74) is 1.93. The van der Waals surface area contributed by atoms with Crippen LogP contribution in [0.25, 0.3) is 0 Å². The summed E-state index contributed by atoms with van der Waals surface area (Å²) in [6, 6.07) is 17.1. The van der Waals surface area contributed by atoms with Crippen LogP contribution in [0.4, 0.5) is 5.69 Å². The molecule has 3 aliphatic rings. The molecule has 1 atom stereocenters. The standard InChI is InChI=1S/C25H26N2O4/c28-22-16-18(12-15-27(22)19-6-2-1-3-7-19)26-23(29)17-10-13-25(14-11-17)21-9-5-4-8-20(21)24(30)31-25/h1-9,17-18H,10-16H2,(H,26,29)/t17-,18?,25-. The van der Waals surface area contributed by atoms with Crippen LogP contribution in [0, 0.1) is 5.92 Å². The second kappa shape index (κ2) is 7.84. The van der Waals surface area contributed by atoms with Gasteiger partial charge in [-0.3, -0.25) is 9.59 Å². The zero-order valence-corrected chi connectivity index (χ0v) is 17.4. The Morgan fingerprint density at radius 2 is 1.68 bits per heavy atom. The highest BCUT2D eigenvalue weighted by molar-refractivity contribution is 5.95. The molecule has 1 saturated heterocycles. The van der Waals surface area contributed by atoms with Crippen molar-refractivity contribution in [1.82, 2.24) is 5.32 Å². The summed E-state index contributed by atoms with van der Waals surface area (Å²) >= 11 is 0. The van der Waals surface area contributed by atoms with Crippen molar-refractivity contribution in [2.75, 3.05) is 11.4 Å². The molecule has 2 aromatic rings. The van der Waals surface area contributed by atoms with Gasteiger partial charge in [0.15, 0.2) is 0 Å². The maximum atomic E-state index is 12.9. The van der Waals surface area contributed by atoms with E-state index in [-0.39, 0.29) is 29.7 Å². The third kappa shape index (κ3) is 3.60. The molecule has 160 valence electrons. The van der Waals surface area contributed by atoms with Crippen LogP contribution in [-0.4, -0.2) is 30.4 Å². The fourth-order valence-electron chi connectivity index (χ4n) is 5.22. The highest BCUT2D eigenvalue weighted by Gasteiger charge is 2.48. The lowest BCUT2D eigenvalue weighted by Gasteiger charge is -2.37. The van der Waals surface area contributed by atoms with Crippen molar-refractivity contribution >= 4 is 23.5 Å². The van der Waals surface area contributed by atoms with Crippen molar-refractivity contribution in [3.63, 3.8) is 0 Å². The number of esters is 1. The first-order valence-electron chi connectivity index (χ1n) is 11.0. The molecule has 0 aromatic heterocycles. The van der Waals surface area contributed by atoms with Gasteiger partial charge in [0.2, 0.25) is 11.8 Å². The normalized spacial score (nSPS) is 27.7. The van der Waals surface area contributed by atoms with Gasteiger partial charge in [-0.15, -0.1) is 0 Å². The van der Waals surface area contributed by atoms with Crippen LogP contribution < -0.4 is 10.2 Å². The summed E-state index contributed by atoms with van der Waals surface area (Å²) in [4.78, 5) is 39.5. The molecule has 6 nitrogen and oxygen atoms in total. The third-order valence-corrected chi connectivity index (χ3v) is 6.93. The Bertz CT molecular complexity index is 1010. The van der Waals surface area contributed by atoms with E-state index < -0.39 is 5.60 Å². The molecule has 2 fully saturated rings. The van der Waals surface area contributed by atoms with E-state index in [1.165, 1.54) is 0 Å². The number of rotatable bonds is 3. The summed E-state index contributed by atoms with van der Waals surface area (Å²) in [7, 11) is 0. The van der Waals surface area contributed by atoms with Gasteiger partial charge < -0.3 is 15.0 Å². The first kappa shape index (κ1) is 19.8. The smallest absolute Gasteiger partial charge is 0.339 e. The van der Waals surface area contributed by atoms with Crippen molar-refractivity contribution < 1.29 is 19.1 Å². The number of ether oxygens (including phenoxy) is 1. The number of piperidine rings is 1. The number of nitrogens with zero attached hydrogens (tertiary/aromatic N) is 1. The minimum atomic E-state index is -0.582. The Kier molecular flexibility index (Phi) is 5.00. The Morgan fingerprint density at radius 1 is 0.968 bits per heavy atom. The molecule has 5 rings (SSSR count). The second-order valence-corrected chi connectivity index (χ2v) is 8.78. The van der Waals surface area contributed by atoms with Crippen molar-refractivity contribution in [1.29, 1.82) is 0 Å². The maximum absolute atomic E-state index is 12.9. The Hall–Kier alpha value is -3.15. The van der Waals surface area contributed by atoms with E-state index in [1.807, 2.05) is 54.6 Å². The molecule has 1 aliphatic carbocycles. The average Bonchev–Trinajstić information content (AvgIpc) is 3.06. The molecular weight excluding hydrogens is 392 g/mol. The monoisotopic (exact) mass is 418 g/mol. The lowest BCUT2D eigenvalue weighted by molar-refractivity contribution is -0.129. The van der Waals surface area contributed by atoms with Crippen LogP contribution in [0.15, 0.2) is 54.6 Å². The van der Waals surface area contributed by atoms with E-state index in [2.05, 4.69) is 5.32 Å². The van der Waals surface area contributed by atoms with Gasteiger partial charge in [-0.25, -0.2) is 4.79 Å². The summed E-state index contributed by atoms with van der Waals surface area (Å²) in [5, 5.41) is 3.10. The molecule has 1 N–H and O–H groups in total. The molecule has 0 bridgehead atoms. The van der Waals surface area contributed by atoms with Crippen molar-refractivity contribution in [3.8, 4) is 0 Å². The highest BCUT2D eigenvalue weighted by Crippen LogP contribution is 2.48. The molecule has 1 unspecified atom stereocenters. The van der Waals surface area contributed by atoms with Gasteiger partial charge in [-0.2, -0.15) is 0 Å². The van der Waals surface area contributed by atoms with Gasteiger partial charge in [0, 0.05) is 36.2 Å².